The van der Waals surface area contributed by atoms with E-state index in [1.165, 1.54) is 17.3 Å². The molecule has 1 amide bonds. The molecule has 0 aliphatic heterocycles. The minimum Gasteiger partial charge on any atom is -0.355 e. The van der Waals surface area contributed by atoms with Crippen LogP contribution in [0.2, 0.25) is 5.15 Å². The third-order valence-electron chi connectivity index (χ3n) is 5.26. The van der Waals surface area contributed by atoms with Gasteiger partial charge in [0.25, 0.3) is 5.91 Å². The second-order valence-electron chi connectivity index (χ2n) is 7.99. The molecule has 4 rings (SSSR count). The predicted octanol–water partition coefficient (Wildman–Crippen LogP) is 5.43. The molecule has 2 heterocycles. The van der Waals surface area contributed by atoms with Crippen molar-refractivity contribution in [3.05, 3.63) is 113 Å². The van der Waals surface area contributed by atoms with E-state index in [1.807, 2.05) is 72.6 Å². The third kappa shape index (κ3) is 7.53. The number of hydrogen-bond donors (Lipinski definition) is 1. The molecule has 0 radical (unpaired) electrons. The monoisotopic (exact) mass is 503 g/mol. The van der Waals surface area contributed by atoms with E-state index in [9.17, 15) is 4.79 Å². The van der Waals surface area contributed by atoms with Crippen LogP contribution in [0.4, 0.5) is 5.82 Å². The van der Waals surface area contributed by atoms with Gasteiger partial charge in [-0.05, 0) is 35.4 Å². The van der Waals surface area contributed by atoms with Gasteiger partial charge in [0.1, 0.15) is 11.0 Å². The van der Waals surface area contributed by atoms with Gasteiger partial charge in [-0.15, -0.1) is 0 Å². The number of halogens is 1. The van der Waals surface area contributed by atoms with Crippen LogP contribution in [0.15, 0.2) is 90.2 Å². The van der Waals surface area contributed by atoms with Crippen molar-refractivity contribution in [2.75, 3.05) is 18.5 Å². The number of nitrogens with zero attached hydrogens (tertiary/aromatic N) is 4. The molecule has 0 aliphatic rings. The number of nitrogens with one attached hydrogen (secondary N) is 1. The van der Waals surface area contributed by atoms with Crippen molar-refractivity contribution in [2.45, 2.75) is 23.9 Å². The first-order valence-electron chi connectivity index (χ1n) is 11.3. The molecule has 0 spiro atoms. The van der Waals surface area contributed by atoms with Crippen molar-refractivity contribution in [3.63, 3.8) is 0 Å². The zero-order chi connectivity index (χ0) is 24.5. The van der Waals surface area contributed by atoms with Gasteiger partial charge in [-0.1, -0.05) is 71.9 Å². The molecule has 1 N–H and O–H groups in total. The highest BCUT2D eigenvalue weighted by molar-refractivity contribution is 7.98. The van der Waals surface area contributed by atoms with Crippen LogP contribution in [0.25, 0.3) is 0 Å². The van der Waals surface area contributed by atoms with Crippen molar-refractivity contribution in [1.82, 2.24) is 20.3 Å². The first-order chi connectivity index (χ1) is 17.1. The minimum absolute atomic E-state index is 0.100. The normalized spacial score (nSPS) is 10.7. The topological polar surface area (TPSA) is 71.0 Å². The Hall–Kier alpha value is -3.42. The van der Waals surface area contributed by atoms with Crippen LogP contribution in [0.5, 0.6) is 0 Å². The summed E-state index contributed by atoms with van der Waals surface area (Å²) in [6.07, 6.45) is 2.45. The van der Waals surface area contributed by atoms with Crippen molar-refractivity contribution in [2.24, 2.45) is 0 Å². The lowest BCUT2D eigenvalue weighted by Gasteiger charge is -2.19. The number of pyridine rings is 1. The number of carbonyl (C=O) groups is 1. The van der Waals surface area contributed by atoms with Gasteiger partial charge in [-0.25, -0.2) is 9.97 Å². The fourth-order valence-electron chi connectivity index (χ4n) is 3.49. The molecule has 0 atom stereocenters. The molecule has 0 aliphatic carbocycles. The molecule has 6 nitrogen and oxygen atoms in total. The average molecular weight is 504 g/mol. The molecule has 178 valence electrons. The summed E-state index contributed by atoms with van der Waals surface area (Å²) in [6, 6.07) is 25.3. The minimum atomic E-state index is -0.100. The van der Waals surface area contributed by atoms with Gasteiger partial charge in [-0.2, -0.15) is 0 Å². The van der Waals surface area contributed by atoms with Gasteiger partial charge in [-0.3, -0.25) is 9.78 Å². The first-order valence-corrected chi connectivity index (χ1v) is 12.6. The van der Waals surface area contributed by atoms with Gasteiger partial charge < -0.3 is 10.2 Å². The van der Waals surface area contributed by atoms with Crippen LogP contribution in [0.3, 0.4) is 0 Å². The molecular formula is C27H26ClN5OS. The van der Waals surface area contributed by atoms with E-state index in [-0.39, 0.29) is 5.91 Å². The third-order valence-corrected chi connectivity index (χ3v) is 6.38. The molecule has 0 bridgehead atoms. The fraction of sp³-hybridized carbons (Fsp3) is 0.185. The Morgan fingerprint density at radius 3 is 2.57 bits per heavy atom. The summed E-state index contributed by atoms with van der Waals surface area (Å²) in [4.78, 5) is 28.0. The second kappa shape index (κ2) is 12.3. The fourth-order valence-corrected chi connectivity index (χ4v) is 4.51. The van der Waals surface area contributed by atoms with Gasteiger partial charge in [0.05, 0.1) is 0 Å². The number of aromatic nitrogens is 3. The van der Waals surface area contributed by atoms with Crippen molar-refractivity contribution in [3.8, 4) is 0 Å². The van der Waals surface area contributed by atoms with Gasteiger partial charge in [0, 0.05) is 55.8 Å². The summed E-state index contributed by atoms with van der Waals surface area (Å²) in [7, 11) is 1.98. The Balaban J connectivity index is 1.34. The molecule has 35 heavy (non-hydrogen) atoms. The zero-order valence-electron chi connectivity index (χ0n) is 19.4. The summed E-state index contributed by atoms with van der Waals surface area (Å²) in [5.41, 5.74) is 3.77. The Bertz CT molecular complexity index is 1260. The highest BCUT2D eigenvalue weighted by Gasteiger charge is 2.11. The smallest absolute Gasteiger partial charge is 0.251 e. The molecule has 8 heteroatoms. The molecule has 0 saturated carbocycles. The SMILES string of the molecule is CN(Cc1ccccc1)c1cc(Cl)nc(SCc2cccc(C(=O)NCCc3ccccn3)c2)n1. The number of hydrogen-bond acceptors (Lipinski definition) is 6. The maximum absolute atomic E-state index is 12.6. The van der Waals surface area contributed by atoms with E-state index in [0.717, 1.165) is 23.6 Å². The summed E-state index contributed by atoms with van der Waals surface area (Å²) in [5, 5.41) is 3.96. The number of carbonyl (C=O) groups excluding carboxylic acids is 1. The first kappa shape index (κ1) is 24.7. The van der Waals surface area contributed by atoms with Crippen LogP contribution >= 0.6 is 23.4 Å². The highest BCUT2D eigenvalue weighted by Crippen LogP contribution is 2.25. The predicted molar refractivity (Wildman–Crippen MR) is 142 cm³/mol. The van der Waals surface area contributed by atoms with E-state index in [2.05, 4.69) is 32.4 Å². The lowest BCUT2D eigenvalue weighted by atomic mass is 10.1. The van der Waals surface area contributed by atoms with Gasteiger partial charge >= 0.3 is 0 Å². The summed E-state index contributed by atoms with van der Waals surface area (Å²) >= 11 is 7.78. The zero-order valence-corrected chi connectivity index (χ0v) is 21.0. The lowest BCUT2D eigenvalue weighted by Crippen LogP contribution is -2.25. The van der Waals surface area contributed by atoms with Crippen LogP contribution in [-0.2, 0) is 18.7 Å². The van der Waals surface area contributed by atoms with Crippen LogP contribution < -0.4 is 10.2 Å². The highest BCUT2D eigenvalue weighted by atomic mass is 35.5. The number of rotatable bonds is 10. The summed E-state index contributed by atoms with van der Waals surface area (Å²) < 4.78 is 0. The second-order valence-corrected chi connectivity index (χ2v) is 9.32. The van der Waals surface area contributed by atoms with E-state index in [0.29, 0.717) is 34.6 Å². The molecule has 4 aromatic rings. The number of amides is 1. The number of anilines is 1. The molecule has 0 saturated heterocycles. The molecular weight excluding hydrogens is 478 g/mol. The molecule has 2 aromatic heterocycles. The Morgan fingerprint density at radius 2 is 1.77 bits per heavy atom. The van der Waals surface area contributed by atoms with E-state index in [1.54, 1.807) is 12.3 Å². The molecule has 2 aromatic carbocycles. The number of benzene rings is 2. The Morgan fingerprint density at radius 1 is 0.971 bits per heavy atom. The molecule has 0 unspecified atom stereocenters. The van der Waals surface area contributed by atoms with E-state index < -0.39 is 0 Å². The van der Waals surface area contributed by atoms with Crippen molar-refractivity contribution >= 4 is 35.1 Å². The van der Waals surface area contributed by atoms with Gasteiger partial charge in [0.2, 0.25) is 0 Å². The summed E-state index contributed by atoms with van der Waals surface area (Å²) in [6.45, 7) is 1.25. The maximum atomic E-state index is 12.6. The van der Waals surface area contributed by atoms with E-state index in [4.69, 9.17) is 11.6 Å². The van der Waals surface area contributed by atoms with E-state index >= 15 is 0 Å². The van der Waals surface area contributed by atoms with Crippen LogP contribution in [-0.4, -0.2) is 34.5 Å². The van der Waals surface area contributed by atoms with Gasteiger partial charge in [0.15, 0.2) is 5.16 Å². The van der Waals surface area contributed by atoms with Crippen molar-refractivity contribution in [1.29, 1.82) is 0 Å². The number of thioether (sulfide) groups is 1. The van der Waals surface area contributed by atoms with Crippen LogP contribution in [0.1, 0.15) is 27.2 Å². The Labute approximate surface area is 214 Å². The quantitative estimate of drug-likeness (QED) is 0.177. The maximum Gasteiger partial charge on any atom is 0.251 e. The molecule has 0 fully saturated rings. The average Bonchev–Trinajstić information content (AvgIpc) is 2.88. The largest absolute Gasteiger partial charge is 0.355 e. The summed E-state index contributed by atoms with van der Waals surface area (Å²) in [5.74, 6) is 1.28. The standard InChI is InChI=1S/C27H26ClN5OS/c1-33(18-20-8-3-2-4-9-20)25-17-24(28)31-27(32-25)35-19-21-10-7-11-22(16-21)26(34)30-15-13-23-12-5-6-14-29-23/h2-12,14,16-17H,13,15,18-19H2,1H3,(H,30,34). The van der Waals surface area contributed by atoms with Crippen molar-refractivity contribution < 1.29 is 4.79 Å². The van der Waals surface area contributed by atoms with Crippen LogP contribution in [0, 0.1) is 0 Å². The Kier molecular flexibility index (Phi) is 8.70. The lowest BCUT2D eigenvalue weighted by molar-refractivity contribution is 0.0954.